The number of rotatable bonds is 6. The van der Waals surface area contributed by atoms with E-state index in [0.29, 0.717) is 6.61 Å². The fraction of sp³-hybridized carbons (Fsp3) is 0.571. The van der Waals surface area contributed by atoms with E-state index in [1.807, 2.05) is 26.8 Å². The third-order valence-electron chi connectivity index (χ3n) is 3.20. The standard InChI is InChI=1S/C14H24N2O2/c1-6-18-11(4)14(16-15)12-7-10(3)13(17-5)8-9(12)2/h7-8,11,14,16H,6,15H2,1-5H3. The lowest BCUT2D eigenvalue weighted by Gasteiger charge is -2.25. The topological polar surface area (TPSA) is 56.5 Å². The fourth-order valence-corrected chi connectivity index (χ4v) is 2.20. The van der Waals surface area contributed by atoms with Crippen molar-refractivity contribution in [3.8, 4) is 5.75 Å². The molecule has 0 bridgehead atoms. The van der Waals surface area contributed by atoms with Crippen molar-refractivity contribution in [3.05, 3.63) is 28.8 Å². The summed E-state index contributed by atoms with van der Waals surface area (Å²) < 4.78 is 10.9. The van der Waals surface area contributed by atoms with Crippen molar-refractivity contribution in [1.82, 2.24) is 5.43 Å². The molecule has 0 aliphatic carbocycles. The Morgan fingerprint density at radius 2 is 1.94 bits per heavy atom. The number of methoxy groups -OCH3 is 1. The Hall–Kier alpha value is -1.10. The summed E-state index contributed by atoms with van der Waals surface area (Å²) in [4.78, 5) is 0. The minimum absolute atomic E-state index is 0.0189. The van der Waals surface area contributed by atoms with Crippen LogP contribution in [0.3, 0.4) is 0 Å². The molecule has 0 aliphatic rings. The molecule has 0 aliphatic heterocycles. The van der Waals surface area contributed by atoms with Crippen LogP contribution in [0.1, 0.15) is 36.6 Å². The summed E-state index contributed by atoms with van der Waals surface area (Å²) in [6.45, 7) is 8.76. The van der Waals surface area contributed by atoms with Gasteiger partial charge in [0.15, 0.2) is 0 Å². The molecule has 0 spiro atoms. The number of nitrogens with one attached hydrogen (secondary N) is 1. The average Bonchev–Trinajstić information content (AvgIpc) is 2.34. The van der Waals surface area contributed by atoms with Crippen molar-refractivity contribution in [2.24, 2.45) is 5.84 Å². The first-order valence-electron chi connectivity index (χ1n) is 6.28. The first-order valence-corrected chi connectivity index (χ1v) is 6.28. The number of nitrogens with two attached hydrogens (primary N) is 1. The lowest BCUT2D eigenvalue weighted by atomic mass is 9.95. The van der Waals surface area contributed by atoms with Crippen molar-refractivity contribution in [1.29, 1.82) is 0 Å². The molecule has 1 rings (SSSR count). The molecule has 0 amide bonds. The van der Waals surface area contributed by atoms with Crippen LogP contribution >= 0.6 is 0 Å². The molecule has 0 heterocycles. The van der Waals surface area contributed by atoms with Gasteiger partial charge in [-0.2, -0.15) is 0 Å². The average molecular weight is 252 g/mol. The van der Waals surface area contributed by atoms with E-state index in [4.69, 9.17) is 15.3 Å². The monoisotopic (exact) mass is 252 g/mol. The Labute approximate surface area is 109 Å². The summed E-state index contributed by atoms with van der Waals surface area (Å²) >= 11 is 0. The predicted octanol–water partition coefficient (Wildman–Crippen LogP) is 2.24. The minimum Gasteiger partial charge on any atom is -0.496 e. The highest BCUT2D eigenvalue weighted by atomic mass is 16.5. The van der Waals surface area contributed by atoms with E-state index in [-0.39, 0.29) is 12.1 Å². The van der Waals surface area contributed by atoms with Gasteiger partial charge < -0.3 is 9.47 Å². The Bertz CT molecular complexity index is 394. The zero-order valence-corrected chi connectivity index (χ0v) is 11.9. The number of aryl methyl sites for hydroxylation is 2. The van der Waals surface area contributed by atoms with Gasteiger partial charge in [-0.1, -0.05) is 6.07 Å². The van der Waals surface area contributed by atoms with Crippen LogP contribution in [0.4, 0.5) is 0 Å². The number of hydrazine groups is 1. The summed E-state index contributed by atoms with van der Waals surface area (Å²) in [7, 11) is 1.68. The molecule has 1 aromatic rings. The van der Waals surface area contributed by atoms with E-state index in [0.717, 1.165) is 22.4 Å². The maximum atomic E-state index is 5.66. The van der Waals surface area contributed by atoms with Crippen LogP contribution in [-0.2, 0) is 4.74 Å². The highest BCUT2D eigenvalue weighted by Gasteiger charge is 2.21. The zero-order chi connectivity index (χ0) is 13.7. The number of hydrogen-bond donors (Lipinski definition) is 2. The van der Waals surface area contributed by atoms with Crippen molar-refractivity contribution in [3.63, 3.8) is 0 Å². The summed E-state index contributed by atoms with van der Waals surface area (Å²) in [5, 5.41) is 0. The van der Waals surface area contributed by atoms with Gasteiger partial charge in [0.05, 0.1) is 19.3 Å². The van der Waals surface area contributed by atoms with Crippen LogP contribution in [0.25, 0.3) is 0 Å². The van der Waals surface area contributed by atoms with E-state index < -0.39 is 0 Å². The van der Waals surface area contributed by atoms with Gasteiger partial charge >= 0.3 is 0 Å². The molecule has 0 aromatic heterocycles. The highest BCUT2D eigenvalue weighted by molar-refractivity contribution is 5.43. The van der Waals surface area contributed by atoms with Gasteiger partial charge in [0, 0.05) is 6.61 Å². The van der Waals surface area contributed by atoms with Crippen LogP contribution < -0.4 is 16.0 Å². The van der Waals surface area contributed by atoms with Gasteiger partial charge in [-0.05, 0) is 50.5 Å². The second kappa shape index (κ2) is 6.73. The van der Waals surface area contributed by atoms with Gasteiger partial charge in [-0.15, -0.1) is 0 Å². The molecular formula is C14H24N2O2. The summed E-state index contributed by atoms with van der Waals surface area (Å²) in [6, 6.07) is 4.12. The number of benzene rings is 1. The first-order chi connectivity index (χ1) is 8.54. The smallest absolute Gasteiger partial charge is 0.122 e. The SMILES string of the molecule is CCOC(C)C(NN)c1cc(C)c(OC)cc1C. The Morgan fingerprint density at radius 3 is 2.44 bits per heavy atom. The molecule has 3 N–H and O–H groups in total. The number of ether oxygens (including phenoxy) is 2. The van der Waals surface area contributed by atoms with Crippen molar-refractivity contribution in [2.75, 3.05) is 13.7 Å². The van der Waals surface area contributed by atoms with E-state index >= 15 is 0 Å². The third kappa shape index (κ3) is 3.22. The molecule has 0 saturated carbocycles. The third-order valence-corrected chi connectivity index (χ3v) is 3.20. The van der Waals surface area contributed by atoms with E-state index in [1.165, 1.54) is 0 Å². The summed E-state index contributed by atoms with van der Waals surface area (Å²) in [5.41, 5.74) is 6.24. The predicted molar refractivity (Wildman–Crippen MR) is 73.6 cm³/mol. The molecule has 2 atom stereocenters. The van der Waals surface area contributed by atoms with Gasteiger partial charge in [-0.25, -0.2) is 0 Å². The molecule has 4 nitrogen and oxygen atoms in total. The minimum atomic E-state index is -0.0189. The van der Waals surface area contributed by atoms with Crippen LogP contribution in [0, 0.1) is 13.8 Å². The number of hydrogen-bond acceptors (Lipinski definition) is 4. The van der Waals surface area contributed by atoms with Crippen LogP contribution in [-0.4, -0.2) is 19.8 Å². The molecular weight excluding hydrogens is 228 g/mol. The lowest BCUT2D eigenvalue weighted by Crippen LogP contribution is -2.37. The lowest BCUT2D eigenvalue weighted by molar-refractivity contribution is 0.0470. The first kappa shape index (κ1) is 15.0. The molecule has 102 valence electrons. The molecule has 2 unspecified atom stereocenters. The van der Waals surface area contributed by atoms with Crippen molar-refractivity contribution < 1.29 is 9.47 Å². The van der Waals surface area contributed by atoms with E-state index in [9.17, 15) is 0 Å². The van der Waals surface area contributed by atoms with Gasteiger partial charge in [-0.3, -0.25) is 11.3 Å². The normalized spacial score (nSPS) is 14.3. The highest BCUT2D eigenvalue weighted by Crippen LogP contribution is 2.28. The quantitative estimate of drug-likeness (QED) is 0.602. The Morgan fingerprint density at radius 1 is 1.28 bits per heavy atom. The largest absolute Gasteiger partial charge is 0.496 e. The van der Waals surface area contributed by atoms with Gasteiger partial charge in [0.1, 0.15) is 5.75 Å². The summed E-state index contributed by atoms with van der Waals surface area (Å²) in [6.07, 6.45) is 0.0199. The zero-order valence-electron chi connectivity index (χ0n) is 11.9. The maximum Gasteiger partial charge on any atom is 0.122 e. The van der Waals surface area contributed by atoms with Crippen LogP contribution in [0.2, 0.25) is 0 Å². The van der Waals surface area contributed by atoms with Crippen molar-refractivity contribution >= 4 is 0 Å². The molecule has 4 heteroatoms. The Kier molecular flexibility index (Phi) is 5.59. The van der Waals surface area contributed by atoms with E-state index in [2.05, 4.69) is 18.4 Å². The fourth-order valence-electron chi connectivity index (χ4n) is 2.20. The molecule has 0 saturated heterocycles. The molecule has 18 heavy (non-hydrogen) atoms. The molecule has 0 fully saturated rings. The van der Waals surface area contributed by atoms with Gasteiger partial charge in [0.2, 0.25) is 0 Å². The molecule has 0 radical (unpaired) electrons. The van der Waals surface area contributed by atoms with Crippen LogP contribution in [0.5, 0.6) is 5.75 Å². The summed E-state index contributed by atoms with van der Waals surface area (Å²) in [5.74, 6) is 6.56. The maximum absolute atomic E-state index is 5.66. The second-order valence-corrected chi connectivity index (χ2v) is 4.48. The Balaban J connectivity index is 3.09. The van der Waals surface area contributed by atoms with E-state index in [1.54, 1.807) is 7.11 Å². The second-order valence-electron chi connectivity index (χ2n) is 4.48. The molecule has 1 aromatic carbocycles. The van der Waals surface area contributed by atoms with Crippen LogP contribution in [0.15, 0.2) is 12.1 Å². The van der Waals surface area contributed by atoms with Gasteiger partial charge in [0.25, 0.3) is 0 Å². The van der Waals surface area contributed by atoms with Crippen molar-refractivity contribution in [2.45, 2.75) is 39.8 Å².